The number of carbonyl (C=O) groups excluding carboxylic acids is 1. The fourth-order valence-electron chi connectivity index (χ4n) is 2.44. The maximum absolute atomic E-state index is 12.2. The van der Waals surface area contributed by atoms with Gasteiger partial charge in [-0.15, -0.1) is 0 Å². The minimum atomic E-state index is -0.137. The van der Waals surface area contributed by atoms with Crippen LogP contribution < -0.4 is 10.6 Å². The summed E-state index contributed by atoms with van der Waals surface area (Å²) in [4.78, 5) is 16.6. The van der Waals surface area contributed by atoms with E-state index in [0.29, 0.717) is 21.4 Å². The van der Waals surface area contributed by atoms with E-state index in [1.54, 1.807) is 22.9 Å². The average molecular weight is 363 g/mol. The number of carbonyl (C=O) groups is 1. The molecule has 1 aromatic carbocycles. The molecule has 3 rings (SSSR count). The van der Waals surface area contributed by atoms with Crippen molar-refractivity contribution in [1.29, 1.82) is 0 Å². The van der Waals surface area contributed by atoms with Gasteiger partial charge in [-0.05, 0) is 30.8 Å². The van der Waals surface area contributed by atoms with E-state index in [1.807, 2.05) is 31.3 Å². The summed E-state index contributed by atoms with van der Waals surface area (Å²) in [6, 6.07) is 9.33. The van der Waals surface area contributed by atoms with Crippen LogP contribution in [0.15, 0.2) is 42.7 Å². The highest BCUT2D eigenvalue weighted by Gasteiger charge is 2.10. The monoisotopic (exact) mass is 362 g/mol. The molecule has 0 aliphatic heterocycles. The molecule has 0 aliphatic rings. The summed E-state index contributed by atoms with van der Waals surface area (Å²) in [6.07, 6.45) is 3.62. The van der Waals surface area contributed by atoms with Crippen LogP contribution in [0.4, 0.5) is 5.69 Å². The molecule has 2 aromatic heterocycles. The zero-order valence-electron chi connectivity index (χ0n) is 13.0. The number of nitrogens with one attached hydrogen (secondary N) is 2. The first-order valence-electron chi connectivity index (χ1n) is 7.41. The highest BCUT2D eigenvalue weighted by atomic mass is 35.5. The molecule has 2 heterocycles. The van der Waals surface area contributed by atoms with E-state index in [1.165, 1.54) is 0 Å². The lowest BCUT2D eigenvalue weighted by atomic mass is 10.2. The second-order valence-electron chi connectivity index (χ2n) is 5.42. The topological polar surface area (TPSA) is 58.4 Å². The van der Waals surface area contributed by atoms with Gasteiger partial charge in [0.15, 0.2) is 5.65 Å². The summed E-state index contributed by atoms with van der Waals surface area (Å²) < 4.78 is 1.72. The van der Waals surface area contributed by atoms with Crippen molar-refractivity contribution in [3.63, 3.8) is 0 Å². The lowest BCUT2D eigenvalue weighted by Crippen LogP contribution is -2.14. The number of hydrogen-bond donors (Lipinski definition) is 2. The van der Waals surface area contributed by atoms with Crippen LogP contribution in [0.2, 0.25) is 10.0 Å². The Bertz CT molecular complexity index is 874. The van der Waals surface area contributed by atoms with Crippen LogP contribution in [0.1, 0.15) is 11.3 Å². The Morgan fingerprint density at radius 2 is 1.96 bits per heavy atom. The molecule has 24 heavy (non-hydrogen) atoms. The van der Waals surface area contributed by atoms with Gasteiger partial charge in [-0.25, -0.2) is 4.98 Å². The van der Waals surface area contributed by atoms with Gasteiger partial charge in [0, 0.05) is 24.6 Å². The summed E-state index contributed by atoms with van der Waals surface area (Å²) in [6.45, 7) is 0.790. The van der Waals surface area contributed by atoms with Crippen molar-refractivity contribution in [2.24, 2.45) is 0 Å². The second kappa shape index (κ2) is 7.21. The number of anilines is 1. The molecule has 0 atom stereocenters. The van der Waals surface area contributed by atoms with Crippen molar-refractivity contribution in [2.45, 2.75) is 13.0 Å². The van der Waals surface area contributed by atoms with Gasteiger partial charge in [-0.2, -0.15) is 0 Å². The molecule has 1 amide bonds. The number of rotatable bonds is 5. The van der Waals surface area contributed by atoms with Gasteiger partial charge in [0.25, 0.3) is 0 Å². The van der Waals surface area contributed by atoms with Crippen LogP contribution in [0.25, 0.3) is 5.65 Å². The van der Waals surface area contributed by atoms with Gasteiger partial charge < -0.3 is 15.0 Å². The Labute approximate surface area is 149 Å². The maximum atomic E-state index is 12.2. The van der Waals surface area contributed by atoms with Crippen LogP contribution >= 0.6 is 23.2 Å². The van der Waals surface area contributed by atoms with Crippen molar-refractivity contribution in [3.05, 3.63) is 64.0 Å². The Kier molecular flexibility index (Phi) is 5.04. The second-order valence-corrected chi connectivity index (χ2v) is 6.27. The number of hydrogen-bond acceptors (Lipinski definition) is 3. The number of imidazole rings is 1. The predicted molar refractivity (Wildman–Crippen MR) is 96.8 cm³/mol. The molecule has 0 bridgehead atoms. The van der Waals surface area contributed by atoms with Crippen molar-refractivity contribution in [1.82, 2.24) is 14.7 Å². The van der Waals surface area contributed by atoms with E-state index in [2.05, 4.69) is 15.6 Å². The van der Waals surface area contributed by atoms with E-state index < -0.39 is 0 Å². The molecule has 0 unspecified atom stereocenters. The van der Waals surface area contributed by atoms with E-state index in [9.17, 15) is 4.79 Å². The summed E-state index contributed by atoms with van der Waals surface area (Å²) >= 11 is 12.1. The van der Waals surface area contributed by atoms with E-state index in [0.717, 1.165) is 17.8 Å². The van der Waals surface area contributed by atoms with Gasteiger partial charge in [-0.1, -0.05) is 35.3 Å². The normalized spacial score (nSPS) is 11.0. The number of fused-ring (bicyclic) bond motifs is 1. The minimum absolute atomic E-state index is 0.137. The third-order valence-electron chi connectivity index (χ3n) is 3.48. The molecular formula is C17H16Cl2N4O. The average Bonchev–Trinajstić information content (AvgIpc) is 2.92. The predicted octanol–water partition coefficient (Wildman–Crippen LogP) is 3.54. The molecule has 0 fully saturated rings. The van der Waals surface area contributed by atoms with Crippen molar-refractivity contribution in [3.8, 4) is 0 Å². The van der Waals surface area contributed by atoms with Crippen LogP contribution in [-0.2, 0) is 17.8 Å². The first-order valence-corrected chi connectivity index (χ1v) is 8.17. The highest BCUT2D eigenvalue weighted by molar-refractivity contribution is 6.36. The molecule has 0 spiro atoms. The standard InChI is InChI=1S/C17H16Cl2N4O/c1-20-8-11-2-4-13(5-3-11)21-16(24)7-14-10-23-9-12(18)6-15(19)17(23)22-14/h2-6,9-10,20H,7-8H2,1H3,(H,21,24). The smallest absolute Gasteiger partial charge is 0.230 e. The quantitative estimate of drug-likeness (QED) is 0.729. The lowest BCUT2D eigenvalue weighted by molar-refractivity contribution is -0.115. The molecule has 0 aliphatic carbocycles. The Morgan fingerprint density at radius 1 is 1.21 bits per heavy atom. The molecule has 0 radical (unpaired) electrons. The van der Waals surface area contributed by atoms with Gasteiger partial charge in [0.1, 0.15) is 0 Å². The number of amides is 1. The fraction of sp³-hybridized carbons (Fsp3) is 0.176. The van der Waals surface area contributed by atoms with Crippen molar-refractivity contribution in [2.75, 3.05) is 12.4 Å². The summed E-state index contributed by atoms with van der Waals surface area (Å²) in [5.41, 5.74) is 3.12. The molecular weight excluding hydrogens is 347 g/mol. The third-order valence-corrected chi connectivity index (χ3v) is 3.97. The largest absolute Gasteiger partial charge is 0.326 e. The molecule has 2 N–H and O–H groups in total. The van der Waals surface area contributed by atoms with Crippen LogP contribution in [0.3, 0.4) is 0 Å². The summed E-state index contributed by atoms with van der Waals surface area (Å²) in [5, 5.41) is 6.91. The zero-order chi connectivity index (χ0) is 17.1. The number of benzene rings is 1. The van der Waals surface area contributed by atoms with E-state index in [4.69, 9.17) is 23.2 Å². The van der Waals surface area contributed by atoms with Crippen LogP contribution in [0, 0.1) is 0 Å². The van der Waals surface area contributed by atoms with Crippen molar-refractivity contribution >= 4 is 40.4 Å². The number of nitrogens with zero attached hydrogens (tertiary/aromatic N) is 2. The first kappa shape index (κ1) is 16.8. The van der Waals surface area contributed by atoms with E-state index in [-0.39, 0.29) is 12.3 Å². The van der Waals surface area contributed by atoms with E-state index >= 15 is 0 Å². The molecule has 124 valence electrons. The zero-order valence-corrected chi connectivity index (χ0v) is 14.5. The van der Waals surface area contributed by atoms with Crippen molar-refractivity contribution < 1.29 is 4.79 Å². The van der Waals surface area contributed by atoms with Crippen LogP contribution in [0.5, 0.6) is 0 Å². The Balaban J connectivity index is 1.69. The Hall–Kier alpha value is -2.08. The SMILES string of the molecule is CNCc1ccc(NC(=O)Cc2cn3cc(Cl)cc(Cl)c3n2)cc1. The molecule has 0 saturated carbocycles. The summed E-state index contributed by atoms with van der Waals surface area (Å²) in [5.74, 6) is -0.137. The molecule has 5 nitrogen and oxygen atoms in total. The minimum Gasteiger partial charge on any atom is -0.326 e. The van der Waals surface area contributed by atoms with Gasteiger partial charge in [0.05, 0.1) is 22.2 Å². The Morgan fingerprint density at radius 3 is 2.67 bits per heavy atom. The van der Waals surface area contributed by atoms with Gasteiger partial charge in [-0.3, -0.25) is 4.79 Å². The number of aromatic nitrogens is 2. The number of halogens is 2. The third kappa shape index (κ3) is 3.87. The van der Waals surface area contributed by atoms with Gasteiger partial charge in [0.2, 0.25) is 5.91 Å². The maximum Gasteiger partial charge on any atom is 0.230 e. The highest BCUT2D eigenvalue weighted by Crippen LogP contribution is 2.22. The fourth-order valence-corrected chi connectivity index (χ4v) is 2.97. The van der Waals surface area contributed by atoms with Gasteiger partial charge >= 0.3 is 0 Å². The number of pyridine rings is 1. The lowest BCUT2D eigenvalue weighted by Gasteiger charge is -2.05. The molecule has 7 heteroatoms. The molecule has 3 aromatic rings. The summed E-state index contributed by atoms with van der Waals surface area (Å²) in [7, 11) is 1.89. The molecule has 0 saturated heterocycles. The first-order chi connectivity index (χ1) is 11.5. The van der Waals surface area contributed by atoms with Crippen LogP contribution in [-0.4, -0.2) is 22.3 Å².